The van der Waals surface area contributed by atoms with Crippen LogP contribution in [-0.4, -0.2) is 17.6 Å². The molecule has 0 aliphatic rings. The van der Waals surface area contributed by atoms with Gasteiger partial charge >= 0.3 is 5.97 Å². The van der Waals surface area contributed by atoms with E-state index in [9.17, 15) is 4.79 Å². The number of carboxylic acid groups (broad SMARTS) is 1. The Bertz CT molecular complexity index is 497. The zero-order chi connectivity index (χ0) is 12.7. The normalized spacial score (nSPS) is 9.47. The van der Waals surface area contributed by atoms with Crippen molar-refractivity contribution in [1.82, 2.24) is 0 Å². The molecular weight excluding hydrogens is 216 g/mol. The molecule has 0 fully saturated rings. The van der Waals surface area contributed by atoms with Crippen LogP contribution in [0.15, 0.2) is 42.5 Å². The van der Waals surface area contributed by atoms with E-state index in [1.165, 1.54) is 10.8 Å². The number of hydrogen-bond acceptors (Lipinski definition) is 3. The highest BCUT2D eigenvalue weighted by Gasteiger charge is 1.90. The van der Waals surface area contributed by atoms with E-state index in [0.29, 0.717) is 0 Å². The van der Waals surface area contributed by atoms with Gasteiger partial charge in [0.15, 0.2) is 0 Å². The van der Waals surface area contributed by atoms with Crippen LogP contribution >= 0.6 is 0 Å². The molecule has 0 atom stereocenters. The summed E-state index contributed by atoms with van der Waals surface area (Å²) in [5.74, 6) is -0.836. The van der Waals surface area contributed by atoms with Crippen molar-refractivity contribution in [2.75, 3.05) is 12.3 Å². The fraction of sp³-hybridized carbons (Fsp3) is 0.154. The molecule has 2 rings (SSSR count). The lowest BCUT2D eigenvalue weighted by atomic mass is 10.1. The largest absolute Gasteiger partial charge is 0.481 e. The number of rotatable bonds is 2. The predicted octanol–water partition coefficient (Wildman–Crippen LogP) is 1.84. The maximum absolute atomic E-state index is 9.52. The Morgan fingerprint density at radius 2 is 1.76 bits per heavy atom. The van der Waals surface area contributed by atoms with Crippen LogP contribution in [0.2, 0.25) is 0 Å². The van der Waals surface area contributed by atoms with Crippen LogP contribution in [0, 0.1) is 0 Å². The van der Waals surface area contributed by atoms with Gasteiger partial charge in [-0.25, -0.2) is 0 Å². The van der Waals surface area contributed by atoms with Crippen molar-refractivity contribution in [2.45, 2.75) is 6.42 Å². The van der Waals surface area contributed by atoms with Crippen molar-refractivity contribution >= 4 is 22.4 Å². The molecule has 0 amide bonds. The molecule has 0 saturated heterocycles. The Morgan fingerprint density at radius 3 is 2.29 bits per heavy atom. The molecule has 0 aromatic heterocycles. The second kappa shape index (κ2) is 6.50. The first-order valence-corrected chi connectivity index (χ1v) is 5.29. The molecule has 0 radical (unpaired) electrons. The van der Waals surface area contributed by atoms with Gasteiger partial charge in [-0.1, -0.05) is 30.3 Å². The molecule has 0 heterocycles. The molecule has 0 unspecified atom stereocenters. The van der Waals surface area contributed by atoms with Gasteiger partial charge in [0.25, 0.3) is 0 Å². The molecular formula is C13H16N2O2. The van der Waals surface area contributed by atoms with Crippen LogP contribution in [0.4, 0.5) is 5.69 Å². The predicted molar refractivity (Wildman–Crippen MR) is 69.7 cm³/mol. The second-order valence-corrected chi connectivity index (χ2v) is 3.54. The van der Waals surface area contributed by atoms with Crippen molar-refractivity contribution in [1.29, 1.82) is 0 Å². The fourth-order valence-corrected chi connectivity index (χ4v) is 1.33. The Kier molecular flexibility index (Phi) is 4.97. The maximum atomic E-state index is 9.52. The molecule has 2 aromatic rings. The minimum absolute atomic E-state index is 0.0694. The van der Waals surface area contributed by atoms with Crippen LogP contribution < -0.4 is 11.5 Å². The number of nitrogen functional groups attached to an aromatic ring is 1. The van der Waals surface area contributed by atoms with E-state index in [0.717, 1.165) is 5.69 Å². The molecule has 17 heavy (non-hydrogen) atoms. The lowest BCUT2D eigenvalue weighted by Crippen LogP contribution is -2.05. The first kappa shape index (κ1) is 13.0. The Morgan fingerprint density at radius 1 is 1.12 bits per heavy atom. The van der Waals surface area contributed by atoms with Crippen LogP contribution in [0.25, 0.3) is 10.8 Å². The molecule has 0 spiro atoms. The fourth-order valence-electron chi connectivity index (χ4n) is 1.33. The van der Waals surface area contributed by atoms with Gasteiger partial charge < -0.3 is 16.6 Å². The maximum Gasteiger partial charge on any atom is 0.304 e. The van der Waals surface area contributed by atoms with Gasteiger partial charge in [-0.15, -0.1) is 0 Å². The summed E-state index contributed by atoms with van der Waals surface area (Å²) in [5, 5.41) is 10.3. The summed E-state index contributed by atoms with van der Waals surface area (Å²) < 4.78 is 0. The monoisotopic (exact) mass is 232 g/mol. The number of aliphatic carboxylic acids is 1. The number of hydrogen-bond donors (Lipinski definition) is 3. The molecule has 0 aliphatic heterocycles. The molecule has 0 aliphatic carbocycles. The lowest BCUT2D eigenvalue weighted by molar-refractivity contribution is -0.136. The highest BCUT2D eigenvalue weighted by atomic mass is 16.4. The van der Waals surface area contributed by atoms with E-state index in [1.807, 2.05) is 30.3 Å². The summed E-state index contributed by atoms with van der Waals surface area (Å²) in [6.45, 7) is 0.231. The van der Waals surface area contributed by atoms with Gasteiger partial charge in [-0.3, -0.25) is 4.79 Å². The average Bonchev–Trinajstić information content (AvgIpc) is 2.29. The smallest absolute Gasteiger partial charge is 0.304 e. The molecule has 4 heteroatoms. The lowest BCUT2D eigenvalue weighted by Gasteiger charge is -1.96. The summed E-state index contributed by atoms with van der Waals surface area (Å²) in [6.07, 6.45) is 0.0694. The third-order valence-corrected chi connectivity index (χ3v) is 2.13. The molecule has 0 saturated carbocycles. The summed E-state index contributed by atoms with van der Waals surface area (Å²) in [5.41, 5.74) is 11.3. The minimum Gasteiger partial charge on any atom is -0.481 e. The Hall–Kier alpha value is -2.07. The van der Waals surface area contributed by atoms with E-state index in [2.05, 4.69) is 12.1 Å². The number of nitrogens with two attached hydrogens (primary N) is 2. The van der Waals surface area contributed by atoms with Crippen LogP contribution in [0.1, 0.15) is 6.42 Å². The van der Waals surface area contributed by atoms with Crippen molar-refractivity contribution < 1.29 is 9.90 Å². The third-order valence-electron chi connectivity index (χ3n) is 2.13. The van der Waals surface area contributed by atoms with Crippen molar-refractivity contribution in [3.63, 3.8) is 0 Å². The minimum atomic E-state index is -0.836. The highest BCUT2D eigenvalue weighted by Crippen LogP contribution is 2.15. The topological polar surface area (TPSA) is 89.3 Å². The Balaban J connectivity index is 0.000000209. The second-order valence-electron chi connectivity index (χ2n) is 3.54. The molecule has 2 aromatic carbocycles. The standard InChI is InChI=1S/C10H9N.C3H7NO2/c11-10-6-5-8-3-1-2-4-9(8)7-10;4-2-1-3(5)6/h1-7H,11H2;1-2,4H2,(H,5,6). The summed E-state index contributed by atoms with van der Waals surface area (Å²) >= 11 is 0. The van der Waals surface area contributed by atoms with E-state index in [-0.39, 0.29) is 13.0 Å². The van der Waals surface area contributed by atoms with Gasteiger partial charge in [0, 0.05) is 12.2 Å². The average molecular weight is 232 g/mol. The van der Waals surface area contributed by atoms with Crippen molar-refractivity contribution in [2.24, 2.45) is 5.73 Å². The van der Waals surface area contributed by atoms with Crippen LogP contribution in [0.3, 0.4) is 0 Å². The van der Waals surface area contributed by atoms with Crippen LogP contribution in [-0.2, 0) is 4.79 Å². The van der Waals surface area contributed by atoms with Crippen molar-refractivity contribution in [3.05, 3.63) is 42.5 Å². The quantitative estimate of drug-likeness (QED) is 0.689. The van der Waals surface area contributed by atoms with Gasteiger partial charge in [-0.2, -0.15) is 0 Å². The number of fused-ring (bicyclic) bond motifs is 1. The summed E-state index contributed by atoms with van der Waals surface area (Å²) in [7, 11) is 0. The third kappa shape index (κ3) is 4.53. The van der Waals surface area contributed by atoms with Crippen LogP contribution in [0.5, 0.6) is 0 Å². The molecule has 5 N–H and O–H groups in total. The number of carboxylic acids is 1. The summed E-state index contributed by atoms with van der Waals surface area (Å²) in [4.78, 5) is 9.52. The van der Waals surface area contributed by atoms with Gasteiger partial charge in [-0.05, 0) is 22.9 Å². The zero-order valence-corrected chi connectivity index (χ0v) is 9.47. The van der Waals surface area contributed by atoms with E-state index < -0.39 is 5.97 Å². The SMILES string of the molecule is NCCC(=O)O.Nc1ccc2ccccc2c1. The van der Waals surface area contributed by atoms with Crippen molar-refractivity contribution in [3.8, 4) is 0 Å². The zero-order valence-electron chi connectivity index (χ0n) is 9.47. The van der Waals surface area contributed by atoms with Gasteiger partial charge in [0.2, 0.25) is 0 Å². The first-order chi connectivity index (χ1) is 8.13. The first-order valence-electron chi connectivity index (χ1n) is 5.29. The summed E-state index contributed by atoms with van der Waals surface area (Å²) in [6, 6.07) is 14.1. The Labute approximate surface area is 99.8 Å². The number of carbonyl (C=O) groups is 1. The van der Waals surface area contributed by atoms with Gasteiger partial charge in [0.05, 0.1) is 6.42 Å². The van der Waals surface area contributed by atoms with E-state index in [1.54, 1.807) is 0 Å². The number of anilines is 1. The molecule has 4 nitrogen and oxygen atoms in total. The highest BCUT2D eigenvalue weighted by molar-refractivity contribution is 5.85. The molecule has 0 bridgehead atoms. The number of benzene rings is 2. The van der Waals surface area contributed by atoms with E-state index >= 15 is 0 Å². The molecule has 90 valence electrons. The van der Waals surface area contributed by atoms with Gasteiger partial charge in [0.1, 0.15) is 0 Å². The van der Waals surface area contributed by atoms with E-state index in [4.69, 9.17) is 16.6 Å².